The second-order valence-electron chi connectivity index (χ2n) is 3.64. The molecule has 0 radical (unpaired) electrons. The van der Waals surface area contributed by atoms with Crippen LogP contribution < -0.4 is 0 Å². The summed E-state index contributed by atoms with van der Waals surface area (Å²) >= 11 is 0. The molecule has 7 nitrogen and oxygen atoms in total. The predicted molar refractivity (Wildman–Crippen MR) is 66.2 cm³/mol. The van der Waals surface area contributed by atoms with Gasteiger partial charge in [0.25, 0.3) is 5.69 Å². The fourth-order valence-corrected chi connectivity index (χ4v) is 1.53. The monoisotopic (exact) mass is 261 g/mol. The molecule has 0 aliphatic carbocycles. The largest absolute Gasteiger partial charge is 0.461 e. The third kappa shape index (κ3) is 2.76. The Balaban J connectivity index is 2.30. The van der Waals surface area contributed by atoms with E-state index in [1.807, 2.05) is 0 Å². The first-order valence-corrected chi connectivity index (χ1v) is 5.59. The lowest BCUT2D eigenvalue weighted by atomic mass is 10.3. The van der Waals surface area contributed by atoms with Crippen LogP contribution in [0, 0.1) is 10.1 Å². The first-order valence-electron chi connectivity index (χ1n) is 5.59. The zero-order chi connectivity index (χ0) is 13.8. The summed E-state index contributed by atoms with van der Waals surface area (Å²) in [4.78, 5) is 21.7. The number of nitro groups is 1. The summed E-state index contributed by atoms with van der Waals surface area (Å²) in [6, 6.07) is 7.48. The lowest BCUT2D eigenvalue weighted by Gasteiger charge is -2.01. The average molecular weight is 261 g/mol. The van der Waals surface area contributed by atoms with Crippen molar-refractivity contribution in [2.75, 3.05) is 6.61 Å². The van der Waals surface area contributed by atoms with Crippen LogP contribution in [0.3, 0.4) is 0 Å². The van der Waals surface area contributed by atoms with Gasteiger partial charge in [-0.25, -0.2) is 9.48 Å². The Hall–Kier alpha value is -2.70. The van der Waals surface area contributed by atoms with E-state index in [4.69, 9.17) is 4.74 Å². The van der Waals surface area contributed by atoms with Crippen LogP contribution in [0.25, 0.3) is 5.69 Å². The molecule has 0 N–H and O–H groups in total. The van der Waals surface area contributed by atoms with Gasteiger partial charge in [0.05, 0.1) is 17.2 Å². The number of non-ortho nitro benzene ring substituents is 1. The van der Waals surface area contributed by atoms with Crippen LogP contribution in [0.4, 0.5) is 5.69 Å². The molecular formula is C12H11N3O4. The number of carbonyl (C=O) groups excluding carboxylic acids is 1. The maximum absolute atomic E-state index is 11.5. The van der Waals surface area contributed by atoms with Crippen LogP contribution in [-0.2, 0) is 4.74 Å². The third-order valence-corrected chi connectivity index (χ3v) is 2.38. The number of nitro benzene ring substituents is 1. The minimum Gasteiger partial charge on any atom is -0.461 e. The van der Waals surface area contributed by atoms with Crippen LogP contribution in [0.2, 0.25) is 0 Å². The van der Waals surface area contributed by atoms with E-state index in [9.17, 15) is 14.9 Å². The van der Waals surface area contributed by atoms with Crippen LogP contribution in [0.1, 0.15) is 17.4 Å². The zero-order valence-electron chi connectivity index (χ0n) is 10.1. The maximum atomic E-state index is 11.5. The van der Waals surface area contributed by atoms with Gasteiger partial charge >= 0.3 is 5.97 Å². The minimum atomic E-state index is -0.522. The normalized spacial score (nSPS) is 10.2. The number of aromatic nitrogens is 2. The van der Waals surface area contributed by atoms with Gasteiger partial charge in [0.2, 0.25) is 0 Å². The number of benzene rings is 1. The minimum absolute atomic E-state index is 0.0364. The number of ether oxygens (including phenoxy) is 1. The number of hydrogen-bond donors (Lipinski definition) is 0. The van der Waals surface area contributed by atoms with Gasteiger partial charge in [0, 0.05) is 18.3 Å². The van der Waals surface area contributed by atoms with E-state index in [2.05, 4.69) is 5.10 Å². The topological polar surface area (TPSA) is 87.3 Å². The number of hydrogen-bond acceptors (Lipinski definition) is 5. The molecule has 0 unspecified atom stereocenters. The first-order chi connectivity index (χ1) is 9.11. The van der Waals surface area contributed by atoms with Crippen molar-refractivity contribution in [3.05, 3.63) is 52.3 Å². The Morgan fingerprint density at radius 3 is 2.95 bits per heavy atom. The van der Waals surface area contributed by atoms with Gasteiger partial charge in [-0.2, -0.15) is 5.10 Å². The van der Waals surface area contributed by atoms with Gasteiger partial charge in [-0.05, 0) is 19.1 Å². The highest BCUT2D eigenvalue weighted by Crippen LogP contribution is 2.16. The Morgan fingerprint density at radius 1 is 1.47 bits per heavy atom. The number of esters is 1. The average Bonchev–Trinajstić information content (AvgIpc) is 2.89. The van der Waals surface area contributed by atoms with Crippen molar-refractivity contribution in [2.45, 2.75) is 6.92 Å². The molecule has 0 saturated heterocycles. The second-order valence-corrected chi connectivity index (χ2v) is 3.64. The molecule has 0 bridgehead atoms. The third-order valence-electron chi connectivity index (χ3n) is 2.38. The smallest absolute Gasteiger partial charge is 0.358 e. The quantitative estimate of drug-likeness (QED) is 0.477. The molecular weight excluding hydrogens is 250 g/mol. The van der Waals surface area contributed by atoms with E-state index >= 15 is 0 Å². The molecule has 0 aliphatic rings. The number of rotatable bonds is 4. The van der Waals surface area contributed by atoms with Gasteiger partial charge in [-0.1, -0.05) is 6.07 Å². The van der Waals surface area contributed by atoms with Gasteiger partial charge in [-0.15, -0.1) is 0 Å². The van der Waals surface area contributed by atoms with Gasteiger partial charge < -0.3 is 4.74 Å². The summed E-state index contributed by atoms with van der Waals surface area (Å²) in [5, 5.41) is 14.7. The summed E-state index contributed by atoms with van der Waals surface area (Å²) in [6.07, 6.45) is 1.55. The van der Waals surface area contributed by atoms with Gasteiger partial charge in [-0.3, -0.25) is 10.1 Å². The molecule has 0 amide bonds. The van der Waals surface area contributed by atoms with E-state index in [0.29, 0.717) is 5.69 Å². The van der Waals surface area contributed by atoms with E-state index < -0.39 is 10.9 Å². The lowest BCUT2D eigenvalue weighted by molar-refractivity contribution is -0.384. The molecule has 7 heteroatoms. The SMILES string of the molecule is CCOC(=O)c1ccn(-c2cccc([N+](=O)[O-])c2)n1. The fourth-order valence-electron chi connectivity index (χ4n) is 1.53. The molecule has 0 atom stereocenters. The van der Waals surface area contributed by atoms with Crippen LogP contribution in [0.5, 0.6) is 0 Å². The summed E-state index contributed by atoms with van der Waals surface area (Å²) in [7, 11) is 0. The standard InChI is InChI=1S/C12H11N3O4/c1-2-19-12(16)11-6-7-14(13-11)9-4-3-5-10(8-9)15(17)18/h3-8H,2H2,1H3. The van der Waals surface area contributed by atoms with Crippen molar-refractivity contribution in [3.63, 3.8) is 0 Å². The summed E-state index contributed by atoms with van der Waals surface area (Å²) in [5.41, 5.74) is 0.629. The van der Waals surface area contributed by atoms with Crippen molar-refractivity contribution in [2.24, 2.45) is 0 Å². The molecule has 1 aromatic heterocycles. The van der Waals surface area contributed by atoms with Crippen molar-refractivity contribution in [3.8, 4) is 5.69 Å². The second kappa shape index (κ2) is 5.30. The van der Waals surface area contributed by atoms with Crippen molar-refractivity contribution < 1.29 is 14.5 Å². The van der Waals surface area contributed by atoms with E-state index in [0.717, 1.165) is 0 Å². The van der Waals surface area contributed by atoms with Crippen LogP contribution >= 0.6 is 0 Å². The molecule has 19 heavy (non-hydrogen) atoms. The van der Waals surface area contributed by atoms with Crippen LogP contribution in [0.15, 0.2) is 36.5 Å². The molecule has 0 aliphatic heterocycles. The Kier molecular flexibility index (Phi) is 3.56. The van der Waals surface area contributed by atoms with Gasteiger partial charge in [0.1, 0.15) is 0 Å². The zero-order valence-corrected chi connectivity index (χ0v) is 10.1. The molecule has 0 spiro atoms. The Morgan fingerprint density at radius 2 is 2.26 bits per heavy atom. The highest BCUT2D eigenvalue weighted by Gasteiger charge is 2.12. The molecule has 1 heterocycles. The molecule has 2 aromatic rings. The van der Waals surface area contributed by atoms with E-state index in [1.165, 1.54) is 22.9 Å². The first kappa shape index (κ1) is 12.7. The van der Waals surface area contributed by atoms with Crippen molar-refractivity contribution in [1.82, 2.24) is 9.78 Å². The van der Waals surface area contributed by atoms with E-state index in [1.54, 1.807) is 25.3 Å². The Bertz CT molecular complexity index is 621. The Labute approximate surface area is 108 Å². The number of nitrogens with zero attached hydrogens (tertiary/aromatic N) is 3. The fraction of sp³-hybridized carbons (Fsp3) is 0.167. The summed E-state index contributed by atoms with van der Waals surface area (Å²) in [6.45, 7) is 1.97. The van der Waals surface area contributed by atoms with E-state index in [-0.39, 0.29) is 18.0 Å². The van der Waals surface area contributed by atoms with Gasteiger partial charge in [0.15, 0.2) is 5.69 Å². The molecule has 0 saturated carbocycles. The summed E-state index contributed by atoms with van der Waals surface area (Å²) < 4.78 is 6.20. The molecule has 1 aromatic carbocycles. The predicted octanol–water partition coefficient (Wildman–Crippen LogP) is 1.96. The number of carbonyl (C=O) groups is 1. The molecule has 0 fully saturated rings. The highest BCUT2D eigenvalue weighted by molar-refractivity contribution is 5.87. The van der Waals surface area contributed by atoms with Crippen molar-refractivity contribution in [1.29, 1.82) is 0 Å². The molecule has 2 rings (SSSR count). The van der Waals surface area contributed by atoms with Crippen molar-refractivity contribution >= 4 is 11.7 Å². The summed E-state index contributed by atoms with van der Waals surface area (Å²) in [5.74, 6) is -0.522. The van der Waals surface area contributed by atoms with Crippen LogP contribution in [-0.4, -0.2) is 27.3 Å². The maximum Gasteiger partial charge on any atom is 0.358 e. The molecule has 98 valence electrons. The highest BCUT2D eigenvalue weighted by atomic mass is 16.6. The lowest BCUT2D eigenvalue weighted by Crippen LogP contribution is -2.06.